The van der Waals surface area contributed by atoms with Gasteiger partial charge in [-0.1, -0.05) is 53.0 Å². The Bertz CT molecular complexity index is 1240. The Morgan fingerprint density at radius 1 is 1.10 bits per heavy atom. The molecule has 0 aliphatic rings. The lowest BCUT2D eigenvalue weighted by Crippen LogP contribution is -2.13. The van der Waals surface area contributed by atoms with E-state index in [1.54, 1.807) is 42.5 Å². The van der Waals surface area contributed by atoms with Crippen LogP contribution in [0.25, 0.3) is 11.3 Å². The summed E-state index contributed by atoms with van der Waals surface area (Å²) in [4.78, 5) is 12.6. The van der Waals surface area contributed by atoms with Gasteiger partial charge in [0.05, 0.1) is 17.3 Å². The first-order chi connectivity index (χ1) is 14.4. The summed E-state index contributed by atoms with van der Waals surface area (Å²) in [6, 6.07) is 12.9. The molecule has 4 aromatic rings. The van der Waals surface area contributed by atoms with E-state index < -0.39 is 5.91 Å². The summed E-state index contributed by atoms with van der Waals surface area (Å²) in [6.45, 7) is 0.172. The number of carbonyl (C=O) groups excluding carboxylic acids is 1. The van der Waals surface area contributed by atoms with Crippen molar-refractivity contribution in [2.75, 3.05) is 5.32 Å². The van der Waals surface area contributed by atoms with Crippen LogP contribution in [0.5, 0.6) is 0 Å². The maximum Gasteiger partial charge on any atom is 0.274 e. The Kier molecular flexibility index (Phi) is 5.76. The molecule has 0 aliphatic carbocycles. The summed E-state index contributed by atoms with van der Waals surface area (Å²) >= 11 is 18.3. The van der Waals surface area contributed by atoms with Crippen molar-refractivity contribution in [3.63, 3.8) is 0 Å². The number of benzene rings is 2. The Balaban J connectivity index is 1.50. The van der Waals surface area contributed by atoms with Crippen LogP contribution in [0.3, 0.4) is 0 Å². The molecule has 1 amide bonds. The second-order valence-corrected chi connectivity index (χ2v) is 7.61. The first kappa shape index (κ1) is 20.4. The predicted molar refractivity (Wildman–Crippen MR) is 115 cm³/mol. The van der Waals surface area contributed by atoms with Gasteiger partial charge in [-0.25, -0.2) is 4.39 Å². The lowest BCUT2D eigenvalue weighted by Gasteiger charge is -2.03. The van der Waals surface area contributed by atoms with E-state index in [0.29, 0.717) is 26.9 Å². The van der Waals surface area contributed by atoms with Gasteiger partial charge in [0.1, 0.15) is 16.5 Å². The molecule has 2 N–H and O–H groups in total. The van der Waals surface area contributed by atoms with E-state index in [0.717, 1.165) is 0 Å². The Labute approximate surface area is 185 Å². The molecule has 4 rings (SSSR count). The molecule has 0 radical (unpaired) electrons. The maximum absolute atomic E-state index is 13.8. The normalized spacial score (nSPS) is 10.9. The van der Waals surface area contributed by atoms with Crippen molar-refractivity contribution >= 4 is 46.5 Å². The van der Waals surface area contributed by atoms with Crippen LogP contribution in [0.15, 0.2) is 54.7 Å². The van der Waals surface area contributed by atoms with Gasteiger partial charge in [-0.05, 0) is 30.3 Å². The third kappa shape index (κ3) is 4.33. The minimum absolute atomic E-state index is 0.152. The minimum atomic E-state index is -0.489. The topological polar surface area (TPSA) is 75.6 Å². The molecule has 2 aromatic heterocycles. The first-order valence-electron chi connectivity index (χ1n) is 8.69. The summed E-state index contributed by atoms with van der Waals surface area (Å²) in [5.41, 5.74) is 1.75. The smallest absolute Gasteiger partial charge is 0.274 e. The molecule has 0 spiro atoms. The number of hydrogen-bond acceptors (Lipinski definition) is 3. The van der Waals surface area contributed by atoms with Crippen LogP contribution in [0.2, 0.25) is 15.1 Å². The van der Waals surface area contributed by atoms with Crippen LogP contribution in [-0.2, 0) is 6.54 Å². The fourth-order valence-electron chi connectivity index (χ4n) is 2.81. The minimum Gasteiger partial charge on any atom is -0.302 e. The van der Waals surface area contributed by atoms with E-state index in [1.807, 2.05) is 0 Å². The molecule has 152 valence electrons. The van der Waals surface area contributed by atoms with Crippen molar-refractivity contribution in [1.29, 1.82) is 0 Å². The molecule has 0 fully saturated rings. The third-order valence-corrected chi connectivity index (χ3v) is 5.09. The number of rotatable bonds is 5. The summed E-state index contributed by atoms with van der Waals surface area (Å²) in [7, 11) is 0. The van der Waals surface area contributed by atoms with Gasteiger partial charge in [0.15, 0.2) is 5.82 Å². The molecule has 10 heteroatoms. The van der Waals surface area contributed by atoms with Crippen molar-refractivity contribution < 1.29 is 9.18 Å². The fraction of sp³-hybridized carbons (Fsp3) is 0.0500. The van der Waals surface area contributed by atoms with Gasteiger partial charge < -0.3 is 5.32 Å². The standard InChI is InChI=1S/C20H13Cl3FN5O/c21-12-5-6-13(14(22)7-12)17-8-18(27-26-17)20(30)25-19-15(23)10-29(28-19)9-11-3-1-2-4-16(11)24/h1-8,10H,9H2,(H,26,27)(H,25,28,30). The highest BCUT2D eigenvalue weighted by atomic mass is 35.5. The number of nitrogens with zero attached hydrogens (tertiary/aromatic N) is 3. The van der Waals surface area contributed by atoms with Gasteiger partial charge >= 0.3 is 0 Å². The number of nitrogens with one attached hydrogen (secondary N) is 2. The van der Waals surface area contributed by atoms with Crippen molar-refractivity contribution in [2.24, 2.45) is 0 Å². The number of H-pyrrole nitrogens is 1. The van der Waals surface area contributed by atoms with Gasteiger partial charge in [0.25, 0.3) is 5.91 Å². The number of carbonyl (C=O) groups is 1. The molecule has 6 nitrogen and oxygen atoms in total. The van der Waals surface area contributed by atoms with Gasteiger partial charge in [0, 0.05) is 22.3 Å². The number of aromatic nitrogens is 4. The third-order valence-electron chi connectivity index (χ3n) is 4.27. The second-order valence-electron chi connectivity index (χ2n) is 6.36. The highest BCUT2D eigenvalue weighted by Crippen LogP contribution is 2.29. The SMILES string of the molecule is O=C(Nc1nn(Cc2ccccc2F)cc1Cl)c1cc(-c2ccc(Cl)cc2Cl)n[nH]1. The molecule has 0 bridgehead atoms. The lowest BCUT2D eigenvalue weighted by atomic mass is 10.1. The molecule has 2 heterocycles. The number of anilines is 1. The van der Waals surface area contributed by atoms with E-state index in [-0.39, 0.29) is 28.9 Å². The largest absolute Gasteiger partial charge is 0.302 e. The highest BCUT2D eigenvalue weighted by Gasteiger charge is 2.17. The molecular formula is C20H13Cl3FN5O. The first-order valence-corrected chi connectivity index (χ1v) is 9.82. The van der Waals surface area contributed by atoms with Gasteiger partial charge in [-0.15, -0.1) is 0 Å². The molecule has 0 aliphatic heterocycles. The van der Waals surface area contributed by atoms with Crippen LogP contribution in [0.1, 0.15) is 16.1 Å². The van der Waals surface area contributed by atoms with Crippen LogP contribution >= 0.6 is 34.8 Å². The average molecular weight is 465 g/mol. The van der Waals surface area contributed by atoms with E-state index in [2.05, 4.69) is 20.6 Å². The van der Waals surface area contributed by atoms with Crippen molar-refractivity contribution in [1.82, 2.24) is 20.0 Å². The quantitative estimate of drug-likeness (QED) is 0.399. The van der Waals surface area contributed by atoms with Gasteiger partial charge in [-0.3, -0.25) is 14.6 Å². The molecule has 0 atom stereocenters. The number of amides is 1. The highest BCUT2D eigenvalue weighted by molar-refractivity contribution is 6.36. The van der Waals surface area contributed by atoms with Crippen LogP contribution in [-0.4, -0.2) is 25.9 Å². The van der Waals surface area contributed by atoms with Crippen molar-refractivity contribution in [2.45, 2.75) is 6.54 Å². The van der Waals surface area contributed by atoms with E-state index in [4.69, 9.17) is 34.8 Å². The van der Waals surface area contributed by atoms with E-state index >= 15 is 0 Å². The second kappa shape index (κ2) is 8.47. The zero-order valence-corrected chi connectivity index (χ0v) is 17.4. The van der Waals surface area contributed by atoms with Crippen molar-refractivity contribution in [3.05, 3.63) is 86.9 Å². The molecule has 2 aromatic carbocycles. The summed E-state index contributed by atoms with van der Waals surface area (Å²) in [5, 5.41) is 14.7. The maximum atomic E-state index is 13.8. The summed E-state index contributed by atoms with van der Waals surface area (Å²) in [5.74, 6) is -0.684. The number of aromatic amines is 1. The molecule has 0 saturated heterocycles. The van der Waals surface area contributed by atoms with E-state index in [9.17, 15) is 9.18 Å². The van der Waals surface area contributed by atoms with Gasteiger partial charge in [0.2, 0.25) is 0 Å². The fourth-order valence-corrected chi connectivity index (χ4v) is 3.52. The Morgan fingerprint density at radius 3 is 2.67 bits per heavy atom. The van der Waals surface area contributed by atoms with Crippen LogP contribution < -0.4 is 5.32 Å². The molecular weight excluding hydrogens is 452 g/mol. The zero-order valence-electron chi connectivity index (χ0n) is 15.2. The summed E-state index contributed by atoms with van der Waals surface area (Å²) in [6.07, 6.45) is 1.51. The zero-order chi connectivity index (χ0) is 21.3. The lowest BCUT2D eigenvalue weighted by molar-refractivity contribution is 0.102. The molecule has 0 saturated carbocycles. The Hall–Kier alpha value is -2.87. The average Bonchev–Trinajstić information content (AvgIpc) is 3.31. The molecule has 30 heavy (non-hydrogen) atoms. The number of halogens is 4. The predicted octanol–water partition coefficient (Wildman–Crippen LogP) is 5.67. The monoisotopic (exact) mass is 463 g/mol. The van der Waals surface area contributed by atoms with Crippen LogP contribution in [0.4, 0.5) is 10.2 Å². The Morgan fingerprint density at radius 2 is 1.90 bits per heavy atom. The summed E-state index contributed by atoms with van der Waals surface area (Å²) < 4.78 is 15.3. The van der Waals surface area contributed by atoms with E-state index in [1.165, 1.54) is 16.9 Å². The van der Waals surface area contributed by atoms with Crippen LogP contribution in [0, 0.1) is 5.82 Å². The number of hydrogen-bond donors (Lipinski definition) is 2. The van der Waals surface area contributed by atoms with Gasteiger partial charge in [-0.2, -0.15) is 10.2 Å². The molecule has 0 unspecified atom stereocenters. The van der Waals surface area contributed by atoms with Crippen molar-refractivity contribution in [3.8, 4) is 11.3 Å².